The van der Waals surface area contributed by atoms with Crippen LogP contribution in [0.15, 0.2) is 24.3 Å². The number of para-hydroxylation sites is 1. The summed E-state index contributed by atoms with van der Waals surface area (Å²) in [4.78, 5) is 4.85. The van der Waals surface area contributed by atoms with E-state index in [2.05, 4.69) is 48.8 Å². The molecule has 0 aliphatic heterocycles. The van der Waals surface area contributed by atoms with E-state index in [1.54, 1.807) is 0 Å². The zero-order valence-corrected chi connectivity index (χ0v) is 14.2. The van der Waals surface area contributed by atoms with Crippen molar-refractivity contribution in [2.75, 3.05) is 37.6 Å². The van der Waals surface area contributed by atoms with Crippen molar-refractivity contribution in [1.82, 2.24) is 4.90 Å². The Morgan fingerprint density at radius 1 is 0.952 bits per heavy atom. The summed E-state index contributed by atoms with van der Waals surface area (Å²) in [6.07, 6.45) is 1.55. The van der Waals surface area contributed by atoms with Crippen molar-refractivity contribution in [3.63, 3.8) is 0 Å². The van der Waals surface area contributed by atoms with Crippen LogP contribution in [0.4, 0.5) is 5.69 Å². The van der Waals surface area contributed by atoms with Crippen LogP contribution in [0.2, 0.25) is 0 Å². The van der Waals surface area contributed by atoms with E-state index in [1.165, 1.54) is 5.69 Å². The maximum absolute atomic E-state index is 10.2. The summed E-state index contributed by atoms with van der Waals surface area (Å²) in [5, 5.41) is 10.2. The summed E-state index contributed by atoms with van der Waals surface area (Å²) < 4.78 is 0. The summed E-state index contributed by atoms with van der Waals surface area (Å²) in [5.41, 5.74) is 2.25. The SMILES string of the molecule is CC[C@@H](O)c1ccccc1N(CC)CCCN(CC)CC. The molecule has 0 aliphatic rings. The monoisotopic (exact) mass is 292 g/mol. The molecule has 3 heteroatoms. The molecule has 3 nitrogen and oxygen atoms in total. The molecule has 0 amide bonds. The molecule has 1 rings (SSSR count). The third kappa shape index (κ3) is 5.33. The predicted octanol–water partition coefficient (Wildman–Crippen LogP) is 3.69. The van der Waals surface area contributed by atoms with Gasteiger partial charge in [-0.1, -0.05) is 39.0 Å². The minimum atomic E-state index is -0.363. The average molecular weight is 292 g/mol. The molecule has 0 saturated heterocycles. The Hall–Kier alpha value is -1.06. The number of hydrogen-bond acceptors (Lipinski definition) is 3. The van der Waals surface area contributed by atoms with Crippen LogP contribution in [0, 0.1) is 0 Å². The van der Waals surface area contributed by atoms with Gasteiger partial charge in [0.05, 0.1) is 6.10 Å². The number of aliphatic hydroxyl groups excluding tert-OH is 1. The topological polar surface area (TPSA) is 26.7 Å². The highest BCUT2D eigenvalue weighted by molar-refractivity contribution is 5.54. The largest absolute Gasteiger partial charge is 0.388 e. The van der Waals surface area contributed by atoms with Crippen molar-refractivity contribution in [2.45, 2.75) is 46.6 Å². The molecule has 0 fully saturated rings. The number of hydrogen-bond donors (Lipinski definition) is 1. The van der Waals surface area contributed by atoms with E-state index >= 15 is 0 Å². The van der Waals surface area contributed by atoms with Crippen molar-refractivity contribution in [3.05, 3.63) is 29.8 Å². The van der Waals surface area contributed by atoms with Gasteiger partial charge < -0.3 is 14.9 Å². The van der Waals surface area contributed by atoms with Gasteiger partial charge in [-0.2, -0.15) is 0 Å². The number of rotatable bonds is 10. The summed E-state index contributed by atoms with van der Waals surface area (Å²) in [6, 6.07) is 8.27. The Labute approximate surface area is 130 Å². The van der Waals surface area contributed by atoms with E-state index in [0.29, 0.717) is 0 Å². The van der Waals surface area contributed by atoms with Crippen molar-refractivity contribution in [3.8, 4) is 0 Å². The zero-order valence-electron chi connectivity index (χ0n) is 14.2. The lowest BCUT2D eigenvalue weighted by Gasteiger charge is -2.28. The first-order valence-corrected chi connectivity index (χ1v) is 8.42. The third-order valence-corrected chi connectivity index (χ3v) is 4.20. The van der Waals surface area contributed by atoms with Gasteiger partial charge in [0.2, 0.25) is 0 Å². The van der Waals surface area contributed by atoms with E-state index < -0.39 is 0 Å². The van der Waals surface area contributed by atoms with E-state index in [1.807, 2.05) is 13.0 Å². The van der Waals surface area contributed by atoms with Crippen LogP contribution in [0.25, 0.3) is 0 Å². The number of benzene rings is 1. The molecule has 0 aromatic heterocycles. The van der Waals surface area contributed by atoms with Gasteiger partial charge in [-0.3, -0.25) is 0 Å². The highest BCUT2D eigenvalue weighted by atomic mass is 16.3. The number of nitrogens with zero attached hydrogens (tertiary/aromatic N) is 2. The number of anilines is 1. The second-order valence-corrected chi connectivity index (χ2v) is 5.44. The highest BCUT2D eigenvalue weighted by Crippen LogP contribution is 2.28. The predicted molar refractivity (Wildman–Crippen MR) is 92.0 cm³/mol. The molecule has 120 valence electrons. The Kier molecular flexibility index (Phi) is 8.40. The molecule has 1 atom stereocenters. The molecule has 0 bridgehead atoms. The molecule has 0 heterocycles. The van der Waals surface area contributed by atoms with Crippen molar-refractivity contribution >= 4 is 5.69 Å². The lowest BCUT2D eigenvalue weighted by atomic mass is 10.0. The van der Waals surface area contributed by atoms with E-state index in [-0.39, 0.29) is 6.10 Å². The molecular weight excluding hydrogens is 260 g/mol. The molecule has 1 aromatic carbocycles. The smallest absolute Gasteiger partial charge is 0.0807 e. The Morgan fingerprint density at radius 3 is 2.19 bits per heavy atom. The fourth-order valence-electron chi connectivity index (χ4n) is 2.75. The maximum atomic E-state index is 10.2. The van der Waals surface area contributed by atoms with Crippen LogP contribution in [0.5, 0.6) is 0 Å². The molecule has 0 radical (unpaired) electrons. The van der Waals surface area contributed by atoms with Crippen molar-refractivity contribution < 1.29 is 5.11 Å². The Balaban J connectivity index is 2.72. The first-order chi connectivity index (χ1) is 10.2. The van der Waals surface area contributed by atoms with Gasteiger partial charge in [-0.15, -0.1) is 0 Å². The molecule has 21 heavy (non-hydrogen) atoms. The summed E-state index contributed by atoms with van der Waals surface area (Å²) in [5.74, 6) is 0. The summed E-state index contributed by atoms with van der Waals surface area (Å²) in [6.45, 7) is 14.0. The van der Waals surface area contributed by atoms with Crippen LogP contribution in [0.3, 0.4) is 0 Å². The molecule has 0 spiro atoms. The molecular formula is C18H32N2O. The second kappa shape index (κ2) is 9.80. The first kappa shape index (κ1) is 18.0. The van der Waals surface area contributed by atoms with Crippen molar-refractivity contribution in [1.29, 1.82) is 0 Å². The number of aliphatic hydroxyl groups is 1. The van der Waals surface area contributed by atoms with Crippen LogP contribution in [-0.4, -0.2) is 42.7 Å². The van der Waals surface area contributed by atoms with Gasteiger partial charge in [0.15, 0.2) is 0 Å². The van der Waals surface area contributed by atoms with Gasteiger partial charge in [-0.05, 0) is 45.5 Å². The quantitative estimate of drug-likeness (QED) is 0.712. The Morgan fingerprint density at radius 2 is 1.62 bits per heavy atom. The standard InChI is InChI=1S/C18H32N2O/c1-5-18(21)16-12-9-10-13-17(16)20(8-4)15-11-14-19(6-2)7-3/h9-10,12-13,18,21H,5-8,11,14-15H2,1-4H3/t18-/m1/s1. The van der Waals surface area contributed by atoms with E-state index in [9.17, 15) is 5.11 Å². The normalized spacial score (nSPS) is 12.7. The summed E-state index contributed by atoms with van der Waals surface area (Å²) in [7, 11) is 0. The van der Waals surface area contributed by atoms with E-state index in [4.69, 9.17) is 0 Å². The van der Waals surface area contributed by atoms with Crippen LogP contribution in [-0.2, 0) is 0 Å². The van der Waals surface area contributed by atoms with Gasteiger partial charge >= 0.3 is 0 Å². The third-order valence-electron chi connectivity index (χ3n) is 4.20. The molecule has 1 N–H and O–H groups in total. The van der Waals surface area contributed by atoms with Crippen molar-refractivity contribution in [2.24, 2.45) is 0 Å². The van der Waals surface area contributed by atoms with Gasteiger partial charge in [0.1, 0.15) is 0 Å². The fraction of sp³-hybridized carbons (Fsp3) is 0.667. The highest BCUT2D eigenvalue weighted by Gasteiger charge is 2.14. The van der Waals surface area contributed by atoms with Crippen LogP contribution < -0.4 is 4.90 Å². The van der Waals surface area contributed by atoms with Gasteiger partial charge in [-0.25, -0.2) is 0 Å². The fourth-order valence-corrected chi connectivity index (χ4v) is 2.75. The lowest BCUT2D eigenvalue weighted by molar-refractivity contribution is 0.174. The van der Waals surface area contributed by atoms with Crippen LogP contribution >= 0.6 is 0 Å². The first-order valence-electron chi connectivity index (χ1n) is 8.42. The molecule has 0 unspecified atom stereocenters. The summed E-state index contributed by atoms with van der Waals surface area (Å²) >= 11 is 0. The molecule has 0 aliphatic carbocycles. The van der Waals surface area contributed by atoms with Crippen LogP contribution in [0.1, 0.15) is 52.2 Å². The molecule has 0 saturated carbocycles. The molecule has 1 aromatic rings. The average Bonchev–Trinajstić information content (AvgIpc) is 2.54. The maximum Gasteiger partial charge on any atom is 0.0807 e. The Bertz CT molecular complexity index is 391. The zero-order chi connectivity index (χ0) is 15.7. The van der Waals surface area contributed by atoms with E-state index in [0.717, 1.165) is 51.1 Å². The van der Waals surface area contributed by atoms with Gasteiger partial charge in [0, 0.05) is 24.3 Å². The minimum absolute atomic E-state index is 0.363. The second-order valence-electron chi connectivity index (χ2n) is 5.44. The van der Waals surface area contributed by atoms with Gasteiger partial charge in [0.25, 0.3) is 0 Å². The lowest BCUT2D eigenvalue weighted by Crippen LogP contribution is -2.30. The minimum Gasteiger partial charge on any atom is -0.388 e.